The van der Waals surface area contributed by atoms with E-state index < -0.39 is 5.97 Å². The lowest BCUT2D eigenvalue weighted by Crippen LogP contribution is -2.22. The van der Waals surface area contributed by atoms with Crippen molar-refractivity contribution in [3.63, 3.8) is 0 Å². The van der Waals surface area contributed by atoms with Crippen LogP contribution in [0.1, 0.15) is 32.0 Å². The highest BCUT2D eigenvalue weighted by molar-refractivity contribution is 6.02. The number of furan rings is 1. The molecule has 2 N–H and O–H groups in total. The van der Waals surface area contributed by atoms with Crippen molar-refractivity contribution >= 4 is 28.5 Å². The van der Waals surface area contributed by atoms with Crippen LogP contribution in [-0.4, -0.2) is 31.6 Å². The van der Waals surface area contributed by atoms with Gasteiger partial charge in [0, 0.05) is 17.8 Å². The fourth-order valence-electron chi connectivity index (χ4n) is 2.85. The number of hydrogen-bond donors (Lipinski definition) is 2. The Kier molecular flexibility index (Phi) is 3.65. The number of carboxylic acid groups (broad SMARTS) is 1. The van der Waals surface area contributed by atoms with Crippen molar-refractivity contribution in [2.75, 3.05) is 0 Å². The van der Waals surface area contributed by atoms with Crippen LogP contribution in [0, 0.1) is 6.92 Å². The average molecular weight is 350 g/mol. The second-order valence-corrected chi connectivity index (χ2v) is 5.88. The molecule has 0 aliphatic heterocycles. The van der Waals surface area contributed by atoms with Crippen LogP contribution in [0.4, 0.5) is 0 Å². The van der Waals surface area contributed by atoms with Gasteiger partial charge in [0.05, 0.1) is 12.7 Å². The van der Waals surface area contributed by atoms with E-state index in [1.807, 2.05) is 13.0 Å². The summed E-state index contributed by atoms with van der Waals surface area (Å²) >= 11 is 0. The molecule has 3 heterocycles. The molecule has 1 aromatic carbocycles. The lowest BCUT2D eigenvalue weighted by Gasteiger charge is -2.01. The number of hydrogen-bond acceptors (Lipinski definition) is 5. The molecule has 0 bridgehead atoms. The number of aromatic carboxylic acids is 1. The first-order valence-electron chi connectivity index (χ1n) is 7.86. The maximum absolute atomic E-state index is 12.4. The molecule has 8 heteroatoms. The molecule has 130 valence electrons. The Bertz CT molecular complexity index is 1160. The Balaban J connectivity index is 1.59. The van der Waals surface area contributed by atoms with Crippen LogP contribution in [-0.2, 0) is 6.54 Å². The van der Waals surface area contributed by atoms with Crippen LogP contribution in [0.2, 0.25) is 0 Å². The normalized spacial score (nSPS) is 11.1. The van der Waals surface area contributed by atoms with Crippen molar-refractivity contribution in [3.05, 3.63) is 65.3 Å². The van der Waals surface area contributed by atoms with Crippen LogP contribution in [0.3, 0.4) is 0 Å². The van der Waals surface area contributed by atoms with Gasteiger partial charge in [-0.3, -0.25) is 4.79 Å². The minimum atomic E-state index is -1.05. The first kappa shape index (κ1) is 15.8. The number of carboxylic acids is 1. The molecule has 0 saturated carbocycles. The summed E-state index contributed by atoms with van der Waals surface area (Å²) in [4.78, 5) is 27.9. The molecule has 0 unspecified atom stereocenters. The summed E-state index contributed by atoms with van der Waals surface area (Å²) in [6, 6.07) is 6.84. The zero-order valence-electron chi connectivity index (χ0n) is 13.8. The molecule has 1 amide bonds. The summed E-state index contributed by atoms with van der Waals surface area (Å²) in [5.41, 5.74) is 2.03. The number of nitrogens with zero attached hydrogens (tertiary/aromatic N) is 3. The Labute approximate surface area is 147 Å². The van der Waals surface area contributed by atoms with E-state index in [4.69, 9.17) is 4.42 Å². The monoisotopic (exact) mass is 350 g/mol. The summed E-state index contributed by atoms with van der Waals surface area (Å²) in [5.74, 6) is -0.930. The number of benzene rings is 1. The van der Waals surface area contributed by atoms with E-state index in [0.717, 1.165) is 5.56 Å². The van der Waals surface area contributed by atoms with Crippen molar-refractivity contribution in [3.8, 4) is 0 Å². The van der Waals surface area contributed by atoms with Gasteiger partial charge in [-0.15, -0.1) is 0 Å². The zero-order chi connectivity index (χ0) is 18.3. The van der Waals surface area contributed by atoms with Crippen LogP contribution in [0.5, 0.6) is 0 Å². The molecular weight excluding hydrogens is 336 g/mol. The number of aryl methyl sites for hydroxylation is 1. The molecule has 0 aliphatic rings. The van der Waals surface area contributed by atoms with E-state index in [1.54, 1.807) is 30.6 Å². The predicted octanol–water partition coefficient (Wildman–Crippen LogP) is 2.41. The van der Waals surface area contributed by atoms with Gasteiger partial charge in [-0.05, 0) is 36.8 Å². The van der Waals surface area contributed by atoms with Crippen LogP contribution in [0.15, 0.2) is 47.3 Å². The molecule has 26 heavy (non-hydrogen) atoms. The van der Waals surface area contributed by atoms with Gasteiger partial charge in [0.2, 0.25) is 0 Å². The third kappa shape index (κ3) is 2.67. The van der Waals surface area contributed by atoms with Crippen molar-refractivity contribution in [2.45, 2.75) is 13.5 Å². The van der Waals surface area contributed by atoms with Crippen molar-refractivity contribution in [2.24, 2.45) is 0 Å². The smallest absolute Gasteiger partial charge is 0.339 e. The summed E-state index contributed by atoms with van der Waals surface area (Å²) in [6.07, 6.45) is 4.74. The quantitative estimate of drug-likeness (QED) is 0.585. The Morgan fingerprint density at radius 1 is 1.27 bits per heavy atom. The van der Waals surface area contributed by atoms with E-state index in [1.165, 1.54) is 10.7 Å². The van der Waals surface area contributed by atoms with Gasteiger partial charge in [-0.2, -0.15) is 5.10 Å². The fourth-order valence-corrected chi connectivity index (χ4v) is 2.85. The molecule has 0 spiro atoms. The molecule has 4 rings (SSSR count). The maximum atomic E-state index is 12.4. The van der Waals surface area contributed by atoms with E-state index >= 15 is 0 Å². The van der Waals surface area contributed by atoms with E-state index in [0.29, 0.717) is 27.9 Å². The summed E-state index contributed by atoms with van der Waals surface area (Å²) in [5, 5.41) is 16.8. The molecule has 0 saturated heterocycles. The van der Waals surface area contributed by atoms with Crippen LogP contribution >= 0.6 is 0 Å². The lowest BCUT2D eigenvalue weighted by atomic mass is 10.1. The van der Waals surface area contributed by atoms with Gasteiger partial charge in [-0.1, -0.05) is 0 Å². The third-order valence-electron chi connectivity index (χ3n) is 3.99. The van der Waals surface area contributed by atoms with Gasteiger partial charge in [0.25, 0.3) is 5.91 Å². The number of rotatable bonds is 4. The largest absolute Gasteiger partial charge is 0.478 e. The van der Waals surface area contributed by atoms with E-state index in [2.05, 4.69) is 15.4 Å². The Morgan fingerprint density at radius 3 is 2.92 bits per heavy atom. The second-order valence-electron chi connectivity index (χ2n) is 5.88. The average Bonchev–Trinajstić information content (AvgIpc) is 3.22. The number of amides is 1. The zero-order valence-corrected chi connectivity index (χ0v) is 13.8. The highest BCUT2D eigenvalue weighted by Gasteiger charge is 2.17. The molecule has 4 aromatic rings. The number of nitrogens with one attached hydrogen (secondary N) is 1. The molecule has 0 atom stereocenters. The lowest BCUT2D eigenvalue weighted by molar-refractivity contribution is 0.0697. The predicted molar refractivity (Wildman–Crippen MR) is 92.1 cm³/mol. The molecule has 8 nitrogen and oxygen atoms in total. The van der Waals surface area contributed by atoms with Gasteiger partial charge in [0.1, 0.15) is 22.5 Å². The molecule has 0 fully saturated rings. The minimum absolute atomic E-state index is 0.101. The highest BCUT2D eigenvalue weighted by atomic mass is 16.4. The van der Waals surface area contributed by atoms with Crippen molar-refractivity contribution < 1.29 is 19.1 Å². The summed E-state index contributed by atoms with van der Waals surface area (Å²) in [6.45, 7) is 1.94. The topological polar surface area (TPSA) is 110 Å². The molecule has 3 aromatic heterocycles. The first-order valence-corrected chi connectivity index (χ1v) is 7.86. The summed E-state index contributed by atoms with van der Waals surface area (Å²) in [7, 11) is 0. The van der Waals surface area contributed by atoms with Crippen molar-refractivity contribution in [1.82, 2.24) is 19.9 Å². The van der Waals surface area contributed by atoms with E-state index in [-0.39, 0.29) is 18.0 Å². The van der Waals surface area contributed by atoms with Crippen LogP contribution < -0.4 is 5.32 Å². The number of fused-ring (bicyclic) bond motifs is 2. The van der Waals surface area contributed by atoms with Gasteiger partial charge >= 0.3 is 5.97 Å². The van der Waals surface area contributed by atoms with Gasteiger partial charge < -0.3 is 14.8 Å². The number of carbonyl (C=O) groups is 2. The molecule has 0 radical (unpaired) electrons. The standard InChI is InChI=1S/C18H14N4O4/c1-10-5-11-7-12(26-15(11)13(6-10)18(24)25)8-20-17(23)14-9-21-22-4-2-3-19-16(14)22/h2-7,9H,8H2,1H3,(H,20,23)(H,24,25). The van der Waals surface area contributed by atoms with Gasteiger partial charge in [-0.25, -0.2) is 14.3 Å². The molecule has 0 aliphatic carbocycles. The molecular formula is C18H14N4O4. The van der Waals surface area contributed by atoms with Crippen LogP contribution in [0.25, 0.3) is 16.6 Å². The number of carbonyl (C=O) groups excluding carboxylic acids is 1. The Hall–Kier alpha value is -3.68. The fraction of sp³-hybridized carbons (Fsp3) is 0.111. The highest BCUT2D eigenvalue weighted by Crippen LogP contribution is 2.25. The van der Waals surface area contributed by atoms with Crippen molar-refractivity contribution in [1.29, 1.82) is 0 Å². The maximum Gasteiger partial charge on any atom is 0.339 e. The van der Waals surface area contributed by atoms with Gasteiger partial charge in [0.15, 0.2) is 5.65 Å². The third-order valence-corrected chi connectivity index (χ3v) is 3.99. The summed E-state index contributed by atoms with van der Waals surface area (Å²) < 4.78 is 7.15. The van der Waals surface area contributed by atoms with E-state index in [9.17, 15) is 14.7 Å². The SMILES string of the molecule is Cc1cc(C(=O)O)c2oc(CNC(=O)c3cnn4cccnc34)cc2c1. The Morgan fingerprint density at radius 2 is 2.12 bits per heavy atom. The second kappa shape index (κ2) is 5.99. The minimum Gasteiger partial charge on any atom is -0.478 e. The first-order chi connectivity index (χ1) is 12.5. The number of aromatic nitrogens is 3.